The van der Waals surface area contributed by atoms with Gasteiger partial charge in [0.05, 0.1) is 0 Å². The van der Waals surface area contributed by atoms with Crippen molar-refractivity contribution in [3.05, 3.63) is 71.8 Å². The zero-order chi connectivity index (χ0) is 13.3. The van der Waals surface area contributed by atoms with Gasteiger partial charge in [-0.2, -0.15) is 0 Å². The van der Waals surface area contributed by atoms with E-state index in [4.69, 9.17) is 4.74 Å². The van der Waals surface area contributed by atoms with Crippen LogP contribution in [0.4, 0.5) is 0 Å². The highest BCUT2D eigenvalue weighted by Gasteiger charge is 2.48. The van der Waals surface area contributed by atoms with E-state index in [-0.39, 0.29) is 5.97 Å². The molecule has 0 N–H and O–H groups in total. The number of cyclic esters (lactones) is 1. The molecule has 0 aromatic heterocycles. The summed E-state index contributed by atoms with van der Waals surface area (Å²) < 4.78 is 5.20. The van der Waals surface area contributed by atoms with Gasteiger partial charge in [-0.05, 0) is 11.1 Å². The second-order valence-corrected chi connectivity index (χ2v) is 4.46. The van der Waals surface area contributed by atoms with Gasteiger partial charge in [0, 0.05) is 6.92 Å². The van der Waals surface area contributed by atoms with Gasteiger partial charge in [-0.25, -0.2) is 9.79 Å². The minimum atomic E-state index is -1.06. The van der Waals surface area contributed by atoms with Gasteiger partial charge in [0.15, 0.2) is 5.90 Å². The average Bonchev–Trinajstić information content (AvgIpc) is 2.76. The lowest BCUT2D eigenvalue weighted by molar-refractivity contribution is -0.138. The van der Waals surface area contributed by atoms with Gasteiger partial charge in [-0.1, -0.05) is 60.7 Å². The van der Waals surface area contributed by atoms with Crippen LogP contribution in [0.15, 0.2) is 65.7 Å². The Balaban J connectivity index is 2.26. The SMILES string of the molecule is CC1=NC(c2ccccc2)(c2ccccc2)C(=O)O1. The van der Waals surface area contributed by atoms with Crippen molar-refractivity contribution >= 4 is 11.9 Å². The van der Waals surface area contributed by atoms with Crippen LogP contribution in [-0.2, 0) is 15.1 Å². The molecule has 2 aromatic carbocycles. The van der Waals surface area contributed by atoms with E-state index in [0.29, 0.717) is 5.90 Å². The maximum Gasteiger partial charge on any atom is 0.349 e. The van der Waals surface area contributed by atoms with Crippen molar-refractivity contribution < 1.29 is 9.53 Å². The van der Waals surface area contributed by atoms with Crippen LogP contribution in [0.1, 0.15) is 18.1 Å². The first kappa shape index (κ1) is 11.7. The fourth-order valence-electron chi connectivity index (χ4n) is 2.40. The van der Waals surface area contributed by atoms with E-state index in [0.717, 1.165) is 11.1 Å². The molecule has 0 bridgehead atoms. The first-order valence-corrected chi connectivity index (χ1v) is 6.13. The Morgan fingerprint density at radius 3 is 1.74 bits per heavy atom. The van der Waals surface area contributed by atoms with Gasteiger partial charge < -0.3 is 4.74 Å². The summed E-state index contributed by atoms with van der Waals surface area (Å²) in [5.74, 6) is 0.0557. The monoisotopic (exact) mass is 251 g/mol. The number of rotatable bonds is 2. The molecule has 1 aliphatic heterocycles. The highest BCUT2D eigenvalue weighted by atomic mass is 16.6. The first-order valence-electron chi connectivity index (χ1n) is 6.13. The predicted molar refractivity (Wildman–Crippen MR) is 72.9 cm³/mol. The Hall–Kier alpha value is -2.42. The Kier molecular flexibility index (Phi) is 2.67. The van der Waals surface area contributed by atoms with Crippen LogP contribution in [-0.4, -0.2) is 11.9 Å². The Bertz CT molecular complexity index is 593. The van der Waals surface area contributed by atoms with E-state index in [9.17, 15) is 4.79 Å². The summed E-state index contributed by atoms with van der Waals surface area (Å²) in [5, 5.41) is 0. The van der Waals surface area contributed by atoms with Gasteiger partial charge in [-0.15, -0.1) is 0 Å². The molecule has 0 amide bonds. The number of esters is 1. The second kappa shape index (κ2) is 4.35. The lowest BCUT2D eigenvalue weighted by atomic mass is 9.84. The number of nitrogens with zero attached hydrogens (tertiary/aromatic N) is 1. The number of hydrogen-bond acceptors (Lipinski definition) is 3. The highest BCUT2D eigenvalue weighted by molar-refractivity contribution is 6.02. The summed E-state index contributed by atoms with van der Waals surface area (Å²) in [6.45, 7) is 1.70. The average molecular weight is 251 g/mol. The molecule has 0 fully saturated rings. The minimum Gasteiger partial charge on any atom is -0.410 e. The maximum absolute atomic E-state index is 12.4. The molecule has 0 radical (unpaired) electrons. The quantitative estimate of drug-likeness (QED) is 0.770. The summed E-state index contributed by atoms with van der Waals surface area (Å²) in [6.07, 6.45) is 0. The molecule has 3 rings (SSSR count). The lowest BCUT2D eigenvalue weighted by Crippen LogP contribution is -2.32. The van der Waals surface area contributed by atoms with Gasteiger partial charge in [0.2, 0.25) is 5.54 Å². The van der Waals surface area contributed by atoms with Crippen LogP contribution < -0.4 is 0 Å². The summed E-state index contributed by atoms with van der Waals surface area (Å²) in [7, 11) is 0. The Morgan fingerprint density at radius 2 is 1.37 bits per heavy atom. The molecular weight excluding hydrogens is 238 g/mol. The molecule has 0 saturated carbocycles. The van der Waals surface area contributed by atoms with Crippen molar-refractivity contribution in [2.75, 3.05) is 0 Å². The van der Waals surface area contributed by atoms with E-state index in [1.54, 1.807) is 6.92 Å². The minimum absolute atomic E-state index is 0.345. The molecule has 3 heteroatoms. The molecule has 0 saturated heterocycles. The number of hydrogen-bond donors (Lipinski definition) is 0. The summed E-state index contributed by atoms with van der Waals surface area (Å²) in [4.78, 5) is 16.9. The van der Waals surface area contributed by atoms with Gasteiger partial charge in [0.1, 0.15) is 0 Å². The van der Waals surface area contributed by atoms with E-state index in [2.05, 4.69) is 4.99 Å². The standard InChI is InChI=1S/C16H13NO2/c1-12-17-16(15(18)19-12,13-8-4-2-5-9-13)14-10-6-3-7-11-14/h2-11H,1H3. The van der Waals surface area contributed by atoms with Crippen LogP contribution in [0.5, 0.6) is 0 Å². The molecular formula is C16H13NO2. The van der Waals surface area contributed by atoms with Crippen molar-refractivity contribution in [3.8, 4) is 0 Å². The number of carbonyl (C=O) groups is 1. The van der Waals surface area contributed by atoms with E-state index in [1.165, 1.54) is 0 Å². The van der Waals surface area contributed by atoms with Crippen LogP contribution in [0, 0.1) is 0 Å². The molecule has 0 unspecified atom stereocenters. The van der Waals surface area contributed by atoms with Crippen molar-refractivity contribution in [2.24, 2.45) is 4.99 Å². The van der Waals surface area contributed by atoms with Crippen molar-refractivity contribution in [2.45, 2.75) is 12.5 Å². The van der Waals surface area contributed by atoms with Gasteiger partial charge >= 0.3 is 5.97 Å². The van der Waals surface area contributed by atoms with Crippen LogP contribution in [0.2, 0.25) is 0 Å². The fraction of sp³-hybridized carbons (Fsp3) is 0.125. The Morgan fingerprint density at radius 1 is 0.895 bits per heavy atom. The zero-order valence-corrected chi connectivity index (χ0v) is 10.5. The smallest absolute Gasteiger partial charge is 0.349 e. The number of aliphatic imine (C=N–C) groups is 1. The van der Waals surface area contributed by atoms with Gasteiger partial charge in [0.25, 0.3) is 0 Å². The van der Waals surface area contributed by atoms with Crippen LogP contribution >= 0.6 is 0 Å². The highest BCUT2D eigenvalue weighted by Crippen LogP contribution is 2.38. The first-order chi connectivity index (χ1) is 9.23. The summed E-state index contributed by atoms with van der Waals surface area (Å²) in [6, 6.07) is 19.0. The van der Waals surface area contributed by atoms with Gasteiger partial charge in [-0.3, -0.25) is 0 Å². The van der Waals surface area contributed by atoms with Crippen molar-refractivity contribution in [1.82, 2.24) is 0 Å². The topological polar surface area (TPSA) is 38.7 Å². The van der Waals surface area contributed by atoms with E-state index < -0.39 is 5.54 Å². The second-order valence-electron chi connectivity index (χ2n) is 4.46. The normalized spacial score (nSPS) is 16.9. The molecule has 94 valence electrons. The molecule has 0 aliphatic carbocycles. The largest absolute Gasteiger partial charge is 0.410 e. The number of ether oxygens (including phenoxy) is 1. The molecule has 0 atom stereocenters. The summed E-state index contributed by atoms with van der Waals surface area (Å²) in [5.41, 5.74) is 0.582. The van der Waals surface area contributed by atoms with Crippen LogP contribution in [0.3, 0.4) is 0 Å². The molecule has 0 spiro atoms. The van der Waals surface area contributed by atoms with Crippen LogP contribution in [0.25, 0.3) is 0 Å². The van der Waals surface area contributed by atoms with Crippen molar-refractivity contribution in [1.29, 1.82) is 0 Å². The number of carbonyl (C=O) groups excluding carboxylic acids is 1. The maximum atomic E-state index is 12.4. The third-order valence-corrected chi connectivity index (χ3v) is 3.24. The van der Waals surface area contributed by atoms with E-state index in [1.807, 2.05) is 60.7 Å². The molecule has 19 heavy (non-hydrogen) atoms. The third kappa shape index (κ3) is 1.74. The predicted octanol–water partition coefficient (Wildman–Crippen LogP) is 2.91. The third-order valence-electron chi connectivity index (χ3n) is 3.24. The summed E-state index contributed by atoms with van der Waals surface area (Å²) >= 11 is 0. The number of benzene rings is 2. The molecule has 1 heterocycles. The Labute approximate surface area is 111 Å². The molecule has 2 aromatic rings. The zero-order valence-electron chi connectivity index (χ0n) is 10.5. The molecule has 1 aliphatic rings. The molecule has 3 nitrogen and oxygen atoms in total. The van der Waals surface area contributed by atoms with Crippen molar-refractivity contribution in [3.63, 3.8) is 0 Å². The lowest BCUT2D eigenvalue weighted by Gasteiger charge is -2.23. The fourth-order valence-corrected chi connectivity index (χ4v) is 2.40. The van der Waals surface area contributed by atoms with E-state index >= 15 is 0 Å².